The normalized spacial score (nSPS) is 14.8. The van der Waals surface area contributed by atoms with E-state index in [-0.39, 0.29) is 5.70 Å². The second kappa shape index (κ2) is 5.62. The Balaban J connectivity index is 1.86. The molecule has 0 bridgehead atoms. The number of aromatic amines is 1. The van der Waals surface area contributed by atoms with Gasteiger partial charge < -0.3 is 4.98 Å². The maximum absolute atomic E-state index is 12.3. The molecule has 2 N–H and O–H groups in total. The van der Waals surface area contributed by atoms with Crippen molar-refractivity contribution in [1.29, 1.82) is 0 Å². The van der Waals surface area contributed by atoms with Crippen LogP contribution < -0.4 is 5.32 Å². The summed E-state index contributed by atoms with van der Waals surface area (Å²) in [5, 5.41) is 3.21. The Morgan fingerprint density at radius 2 is 1.62 bits per heavy atom. The molecule has 0 unspecified atom stereocenters. The van der Waals surface area contributed by atoms with Crippen molar-refractivity contribution in [3.05, 3.63) is 77.6 Å². The number of hydrogen-bond acceptors (Lipinski definition) is 3. The molecule has 5 heteroatoms. The van der Waals surface area contributed by atoms with Crippen LogP contribution in [-0.2, 0) is 9.59 Å². The number of amides is 2. The first-order chi connectivity index (χ1) is 11.7. The third kappa shape index (κ3) is 2.32. The summed E-state index contributed by atoms with van der Waals surface area (Å²) in [6.07, 6.45) is 3.32. The van der Waals surface area contributed by atoms with Crippen LogP contribution in [0, 0.1) is 0 Å². The van der Waals surface area contributed by atoms with E-state index in [9.17, 15) is 9.59 Å². The van der Waals surface area contributed by atoms with Crippen molar-refractivity contribution in [2.24, 2.45) is 4.99 Å². The first kappa shape index (κ1) is 14.1. The molecule has 0 saturated heterocycles. The van der Waals surface area contributed by atoms with Gasteiger partial charge in [0.25, 0.3) is 11.8 Å². The third-order valence-electron chi connectivity index (χ3n) is 3.91. The highest BCUT2D eigenvalue weighted by atomic mass is 16.2. The van der Waals surface area contributed by atoms with Gasteiger partial charge in [0.1, 0.15) is 5.70 Å². The second-order valence-corrected chi connectivity index (χ2v) is 5.42. The number of carbonyl (C=O) groups excluding carboxylic acids is 2. The van der Waals surface area contributed by atoms with Crippen LogP contribution >= 0.6 is 0 Å². The highest BCUT2D eigenvalue weighted by Gasteiger charge is 2.32. The van der Waals surface area contributed by atoms with Crippen LogP contribution in [-0.4, -0.2) is 23.0 Å². The van der Waals surface area contributed by atoms with Gasteiger partial charge in [0.05, 0.1) is 5.57 Å². The Labute approximate surface area is 137 Å². The van der Waals surface area contributed by atoms with Gasteiger partial charge in [-0.2, -0.15) is 0 Å². The predicted octanol–water partition coefficient (Wildman–Crippen LogP) is 2.65. The second-order valence-electron chi connectivity index (χ2n) is 5.42. The molecule has 0 atom stereocenters. The maximum Gasteiger partial charge on any atom is 0.277 e. The lowest BCUT2D eigenvalue weighted by atomic mass is 10.0. The fourth-order valence-electron chi connectivity index (χ4n) is 2.78. The van der Waals surface area contributed by atoms with Gasteiger partial charge in [0, 0.05) is 28.9 Å². The van der Waals surface area contributed by atoms with E-state index in [1.165, 1.54) is 0 Å². The average Bonchev–Trinajstić information content (AvgIpc) is 3.14. The van der Waals surface area contributed by atoms with E-state index < -0.39 is 11.8 Å². The molecule has 0 aliphatic carbocycles. The van der Waals surface area contributed by atoms with E-state index in [1.54, 1.807) is 12.4 Å². The number of H-pyrrole nitrogens is 1. The Bertz CT molecular complexity index is 1010. The zero-order valence-electron chi connectivity index (χ0n) is 12.6. The lowest BCUT2D eigenvalue weighted by Gasteiger charge is -1.99. The average molecular weight is 315 g/mol. The fourth-order valence-corrected chi connectivity index (χ4v) is 2.78. The molecule has 1 aliphatic rings. The number of fused-ring (bicyclic) bond motifs is 1. The van der Waals surface area contributed by atoms with Gasteiger partial charge in [0.15, 0.2) is 0 Å². The smallest absolute Gasteiger partial charge is 0.277 e. The summed E-state index contributed by atoms with van der Waals surface area (Å²) in [6, 6.07) is 17.1. The van der Waals surface area contributed by atoms with Crippen LogP contribution in [0.4, 0.5) is 0 Å². The number of carbonyl (C=O) groups is 2. The number of nitrogens with zero attached hydrogens (tertiary/aromatic N) is 1. The minimum atomic E-state index is -0.479. The highest BCUT2D eigenvalue weighted by molar-refractivity contribution is 6.37. The summed E-state index contributed by atoms with van der Waals surface area (Å²) >= 11 is 0. The van der Waals surface area contributed by atoms with E-state index in [0.29, 0.717) is 11.1 Å². The third-order valence-corrected chi connectivity index (χ3v) is 3.91. The van der Waals surface area contributed by atoms with Gasteiger partial charge in [-0.1, -0.05) is 48.5 Å². The van der Waals surface area contributed by atoms with Gasteiger partial charge >= 0.3 is 0 Å². The van der Waals surface area contributed by atoms with Crippen molar-refractivity contribution in [3.63, 3.8) is 0 Å². The number of para-hydroxylation sites is 1. The van der Waals surface area contributed by atoms with E-state index in [1.807, 2.05) is 54.6 Å². The van der Waals surface area contributed by atoms with Gasteiger partial charge in [-0.3, -0.25) is 14.9 Å². The summed E-state index contributed by atoms with van der Waals surface area (Å²) in [7, 11) is 0. The van der Waals surface area contributed by atoms with Crippen molar-refractivity contribution >= 4 is 34.5 Å². The van der Waals surface area contributed by atoms with Crippen LogP contribution in [0.5, 0.6) is 0 Å². The standard InChI is InChI=1S/C19H13N3O2/c23-18-16(14-11-20-15-9-5-4-8-13(14)15)17(19(24)22-18)21-10-12-6-2-1-3-7-12/h1-11,20H,(H,22,23,24). The highest BCUT2D eigenvalue weighted by Crippen LogP contribution is 2.30. The molecule has 2 heterocycles. The lowest BCUT2D eigenvalue weighted by molar-refractivity contribution is -0.123. The van der Waals surface area contributed by atoms with Crippen molar-refractivity contribution in [2.45, 2.75) is 0 Å². The SMILES string of the molecule is O=C1NC(=O)C(c2c[nH]c3ccccc23)=C1N=Cc1ccccc1. The van der Waals surface area contributed by atoms with Crippen molar-refractivity contribution < 1.29 is 9.59 Å². The van der Waals surface area contributed by atoms with E-state index in [2.05, 4.69) is 15.3 Å². The number of hydrogen-bond donors (Lipinski definition) is 2. The fraction of sp³-hybridized carbons (Fsp3) is 0. The zero-order valence-corrected chi connectivity index (χ0v) is 12.6. The molecule has 2 amide bonds. The summed E-state index contributed by atoms with van der Waals surface area (Å²) in [6.45, 7) is 0. The number of benzene rings is 2. The van der Waals surface area contributed by atoms with Crippen LogP contribution in [0.1, 0.15) is 11.1 Å². The van der Waals surface area contributed by atoms with Gasteiger partial charge in [-0.25, -0.2) is 4.99 Å². The topological polar surface area (TPSA) is 74.3 Å². The molecule has 3 aromatic rings. The Morgan fingerprint density at radius 1 is 0.875 bits per heavy atom. The molecular weight excluding hydrogens is 302 g/mol. The molecule has 0 radical (unpaired) electrons. The van der Waals surface area contributed by atoms with Crippen LogP contribution in [0.3, 0.4) is 0 Å². The number of aromatic nitrogens is 1. The van der Waals surface area contributed by atoms with Crippen molar-refractivity contribution in [1.82, 2.24) is 10.3 Å². The molecule has 116 valence electrons. The minimum absolute atomic E-state index is 0.133. The van der Waals surface area contributed by atoms with Gasteiger partial charge in [-0.05, 0) is 11.6 Å². The predicted molar refractivity (Wildman–Crippen MR) is 92.4 cm³/mol. The zero-order chi connectivity index (χ0) is 16.5. The van der Waals surface area contributed by atoms with Crippen molar-refractivity contribution in [2.75, 3.05) is 0 Å². The minimum Gasteiger partial charge on any atom is -0.361 e. The largest absolute Gasteiger partial charge is 0.361 e. The number of nitrogens with one attached hydrogen (secondary N) is 2. The van der Waals surface area contributed by atoms with E-state index >= 15 is 0 Å². The molecular formula is C19H13N3O2. The first-order valence-corrected chi connectivity index (χ1v) is 7.49. The van der Waals surface area contributed by atoms with Crippen LogP contribution in [0.25, 0.3) is 16.5 Å². The monoisotopic (exact) mass is 315 g/mol. The molecule has 24 heavy (non-hydrogen) atoms. The molecule has 4 rings (SSSR count). The Morgan fingerprint density at radius 3 is 2.46 bits per heavy atom. The first-order valence-electron chi connectivity index (χ1n) is 7.49. The number of rotatable bonds is 3. The van der Waals surface area contributed by atoms with Crippen LogP contribution in [0.15, 0.2) is 71.5 Å². The van der Waals surface area contributed by atoms with Crippen LogP contribution in [0.2, 0.25) is 0 Å². The Kier molecular flexibility index (Phi) is 3.31. The molecule has 5 nitrogen and oxygen atoms in total. The number of aliphatic imine (C=N–C) groups is 1. The molecule has 2 aromatic carbocycles. The van der Waals surface area contributed by atoms with E-state index in [0.717, 1.165) is 16.5 Å². The summed E-state index contributed by atoms with van der Waals surface area (Å²) < 4.78 is 0. The Hall–Kier alpha value is -3.47. The molecule has 1 aromatic heterocycles. The molecule has 1 aliphatic heterocycles. The molecule has 0 spiro atoms. The summed E-state index contributed by atoms with van der Waals surface area (Å²) in [5.74, 6) is -0.905. The van der Waals surface area contributed by atoms with Gasteiger partial charge in [-0.15, -0.1) is 0 Å². The lowest BCUT2D eigenvalue weighted by Crippen LogP contribution is -2.22. The maximum atomic E-state index is 12.3. The number of imide groups is 1. The van der Waals surface area contributed by atoms with E-state index in [4.69, 9.17) is 0 Å². The van der Waals surface area contributed by atoms with Crippen molar-refractivity contribution in [3.8, 4) is 0 Å². The molecule has 0 saturated carbocycles. The summed E-state index contributed by atoms with van der Waals surface area (Å²) in [5.41, 5.74) is 2.86. The van der Waals surface area contributed by atoms with Gasteiger partial charge in [0.2, 0.25) is 0 Å². The summed E-state index contributed by atoms with van der Waals surface area (Å²) in [4.78, 5) is 31.8. The molecule has 0 fully saturated rings. The quantitative estimate of drug-likeness (QED) is 0.576.